The molecule has 2 aromatic heterocycles. The lowest BCUT2D eigenvalue weighted by atomic mass is 10.1. The summed E-state index contributed by atoms with van der Waals surface area (Å²) in [6, 6.07) is 0. The number of aryl methyl sites for hydroxylation is 2. The molecule has 0 unspecified atom stereocenters. The van der Waals surface area contributed by atoms with Crippen molar-refractivity contribution in [3.8, 4) is 0 Å². The van der Waals surface area contributed by atoms with Gasteiger partial charge in [0.15, 0.2) is 11.9 Å². The topological polar surface area (TPSA) is 72.0 Å². The minimum absolute atomic E-state index is 0.165. The minimum Gasteiger partial charge on any atom is -0.454 e. The number of esters is 1. The van der Waals surface area contributed by atoms with Crippen LogP contribution in [0.15, 0.2) is 4.79 Å². The summed E-state index contributed by atoms with van der Waals surface area (Å²) < 4.78 is 5.47. The highest BCUT2D eigenvalue weighted by atomic mass is 33.1. The summed E-state index contributed by atoms with van der Waals surface area (Å²) in [4.78, 5) is 33.5. The van der Waals surface area contributed by atoms with Gasteiger partial charge in [-0.1, -0.05) is 28.0 Å². The van der Waals surface area contributed by atoms with Crippen LogP contribution in [-0.2, 0) is 9.53 Å². The smallest absolute Gasteiger partial charge is 0.306 e. The number of thiophene rings is 1. The molecule has 8 heteroatoms. The zero-order valence-corrected chi connectivity index (χ0v) is 17.7. The van der Waals surface area contributed by atoms with Crippen molar-refractivity contribution in [1.29, 1.82) is 0 Å². The normalized spacial score (nSPS) is 18.3. The molecule has 0 bridgehead atoms. The first-order chi connectivity index (χ1) is 12.5. The Balaban J connectivity index is 1.53. The van der Waals surface area contributed by atoms with Gasteiger partial charge in [-0.05, 0) is 45.6 Å². The monoisotopic (exact) mass is 412 g/mol. The number of unbranched alkanes of at least 4 members (excludes halogenated alkanes) is 1. The van der Waals surface area contributed by atoms with Crippen LogP contribution in [-0.4, -0.2) is 26.9 Å². The van der Waals surface area contributed by atoms with Crippen molar-refractivity contribution in [2.24, 2.45) is 0 Å². The van der Waals surface area contributed by atoms with Crippen LogP contribution < -0.4 is 5.56 Å². The molecular weight excluding hydrogens is 388 g/mol. The summed E-state index contributed by atoms with van der Waals surface area (Å²) in [5, 5.41) is 1.38. The summed E-state index contributed by atoms with van der Waals surface area (Å²) in [5.41, 5.74) is 0.801. The molecule has 0 saturated carbocycles. The second-order valence-corrected chi connectivity index (χ2v) is 10.6. The van der Waals surface area contributed by atoms with Crippen LogP contribution in [0.1, 0.15) is 61.4 Å². The quantitative estimate of drug-likeness (QED) is 0.395. The predicted octanol–water partition coefficient (Wildman–Crippen LogP) is 4.92. The van der Waals surface area contributed by atoms with Gasteiger partial charge in [0.05, 0.1) is 5.39 Å². The van der Waals surface area contributed by atoms with Gasteiger partial charge < -0.3 is 9.72 Å². The number of ether oxygens (including phenoxy) is 1. The van der Waals surface area contributed by atoms with Crippen LogP contribution in [0.25, 0.3) is 10.2 Å². The number of aromatic nitrogens is 2. The van der Waals surface area contributed by atoms with E-state index in [-0.39, 0.29) is 11.5 Å². The van der Waals surface area contributed by atoms with E-state index in [4.69, 9.17) is 4.74 Å². The van der Waals surface area contributed by atoms with Crippen LogP contribution in [0.4, 0.5) is 0 Å². The van der Waals surface area contributed by atoms with Crippen LogP contribution in [0.5, 0.6) is 0 Å². The molecule has 0 spiro atoms. The molecule has 3 rings (SSSR count). The molecule has 1 aliphatic rings. The van der Waals surface area contributed by atoms with Crippen LogP contribution >= 0.6 is 32.9 Å². The second-order valence-electron chi connectivity index (χ2n) is 6.62. The van der Waals surface area contributed by atoms with Crippen molar-refractivity contribution in [2.75, 3.05) is 5.75 Å². The van der Waals surface area contributed by atoms with E-state index in [0.29, 0.717) is 22.5 Å². The Bertz CT molecular complexity index is 840. The molecule has 0 aromatic carbocycles. The molecule has 0 aliphatic carbocycles. The van der Waals surface area contributed by atoms with Gasteiger partial charge in [-0.25, -0.2) is 4.98 Å². The summed E-state index contributed by atoms with van der Waals surface area (Å²) in [6.45, 7) is 5.66. The first-order valence-electron chi connectivity index (χ1n) is 8.93. The number of nitrogens with one attached hydrogen (secondary N) is 1. The Morgan fingerprint density at radius 1 is 1.38 bits per heavy atom. The third-order valence-electron chi connectivity index (χ3n) is 4.63. The van der Waals surface area contributed by atoms with E-state index in [1.807, 2.05) is 35.4 Å². The Kier molecular flexibility index (Phi) is 6.69. The van der Waals surface area contributed by atoms with E-state index in [1.54, 1.807) is 6.92 Å². The molecule has 0 amide bonds. The Morgan fingerprint density at radius 2 is 2.19 bits per heavy atom. The molecule has 5 nitrogen and oxygen atoms in total. The maximum Gasteiger partial charge on any atom is 0.306 e. The lowest BCUT2D eigenvalue weighted by molar-refractivity contribution is -0.149. The van der Waals surface area contributed by atoms with E-state index >= 15 is 0 Å². The first-order valence-corrected chi connectivity index (χ1v) is 12.1. The second kappa shape index (κ2) is 8.80. The fourth-order valence-corrected chi connectivity index (χ4v) is 7.05. The third kappa shape index (κ3) is 4.64. The summed E-state index contributed by atoms with van der Waals surface area (Å²) >= 11 is 1.50. The van der Waals surface area contributed by atoms with E-state index in [0.717, 1.165) is 28.5 Å². The van der Waals surface area contributed by atoms with Crippen molar-refractivity contribution in [3.63, 3.8) is 0 Å². The van der Waals surface area contributed by atoms with Crippen molar-refractivity contribution < 1.29 is 9.53 Å². The summed E-state index contributed by atoms with van der Waals surface area (Å²) in [7, 11) is 3.92. The molecule has 26 heavy (non-hydrogen) atoms. The van der Waals surface area contributed by atoms with E-state index in [9.17, 15) is 9.59 Å². The zero-order chi connectivity index (χ0) is 18.7. The molecule has 142 valence electrons. The highest BCUT2D eigenvalue weighted by molar-refractivity contribution is 8.77. The highest BCUT2D eigenvalue weighted by Gasteiger charge is 2.19. The van der Waals surface area contributed by atoms with Gasteiger partial charge in [-0.2, -0.15) is 0 Å². The predicted molar refractivity (Wildman–Crippen MR) is 111 cm³/mol. The fraction of sp³-hybridized carbons (Fsp3) is 0.611. The van der Waals surface area contributed by atoms with Gasteiger partial charge in [-0.15, -0.1) is 11.3 Å². The number of nitrogens with zero attached hydrogens (tertiary/aromatic N) is 1. The third-order valence-corrected chi connectivity index (χ3v) is 8.74. The van der Waals surface area contributed by atoms with Gasteiger partial charge in [0.2, 0.25) is 0 Å². The van der Waals surface area contributed by atoms with E-state index < -0.39 is 6.10 Å². The molecule has 1 N–H and O–H groups in total. The maximum atomic E-state index is 12.3. The molecule has 1 saturated heterocycles. The fourth-order valence-electron chi connectivity index (χ4n) is 2.98. The lowest BCUT2D eigenvalue weighted by Crippen LogP contribution is -2.17. The molecule has 0 radical (unpaired) electrons. The number of carbonyl (C=O) groups excluding carboxylic acids is 1. The number of H-pyrrole nitrogens is 1. The number of rotatable bonds is 7. The number of hydrogen-bond acceptors (Lipinski definition) is 7. The Morgan fingerprint density at radius 3 is 2.92 bits per heavy atom. The molecule has 2 aromatic rings. The maximum absolute atomic E-state index is 12.3. The number of hydrogen-bond donors (Lipinski definition) is 1. The SMILES string of the molecule is Cc1sc2nc([C@@H](C)OC(=O)CCCC[C@@H]3CCSS3)[nH]c(=O)c2c1C. The van der Waals surface area contributed by atoms with Gasteiger partial charge in [0.1, 0.15) is 4.83 Å². The first kappa shape index (κ1) is 19.8. The van der Waals surface area contributed by atoms with Crippen molar-refractivity contribution in [1.82, 2.24) is 9.97 Å². The van der Waals surface area contributed by atoms with E-state index in [1.165, 1.54) is 29.9 Å². The molecule has 2 atom stereocenters. The zero-order valence-electron chi connectivity index (χ0n) is 15.3. The average Bonchev–Trinajstić information content (AvgIpc) is 3.20. The average molecular weight is 413 g/mol. The number of aromatic amines is 1. The number of carbonyl (C=O) groups is 1. The molecule has 1 fully saturated rings. The summed E-state index contributed by atoms with van der Waals surface area (Å²) in [6.07, 6.45) is 4.21. The van der Waals surface area contributed by atoms with E-state index in [2.05, 4.69) is 9.97 Å². The van der Waals surface area contributed by atoms with Crippen molar-refractivity contribution in [3.05, 3.63) is 26.6 Å². The van der Waals surface area contributed by atoms with Gasteiger partial charge in [0.25, 0.3) is 5.56 Å². The molecule has 3 heterocycles. The van der Waals surface area contributed by atoms with Gasteiger partial charge in [0, 0.05) is 22.3 Å². The van der Waals surface area contributed by atoms with Crippen LogP contribution in [0.2, 0.25) is 0 Å². The number of fused-ring (bicyclic) bond motifs is 1. The van der Waals surface area contributed by atoms with Gasteiger partial charge in [-0.3, -0.25) is 9.59 Å². The van der Waals surface area contributed by atoms with Crippen molar-refractivity contribution in [2.45, 2.75) is 64.2 Å². The van der Waals surface area contributed by atoms with Gasteiger partial charge >= 0.3 is 5.97 Å². The Hall–Kier alpha value is -0.990. The summed E-state index contributed by atoms with van der Waals surface area (Å²) in [5.74, 6) is 1.43. The minimum atomic E-state index is -0.552. The Labute approximate surface area is 165 Å². The standard InChI is InChI=1S/C18H24N2O3S3/c1-10-12(3)25-18-15(10)17(22)19-16(20-18)11(2)23-14(21)7-5-4-6-13-8-9-24-26-13/h11,13H,4-9H2,1-3H3,(H,19,20,22)/t11-,13-/m1/s1. The lowest BCUT2D eigenvalue weighted by Gasteiger charge is -2.13. The molecule has 1 aliphatic heterocycles. The largest absolute Gasteiger partial charge is 0.454 e. The molecular formula is C18H24N2O3S3. The van der Waals surface area contributed by atoms with Crippen LogP contribution in [0.3, 0.4) is 0 Å². The van der Waals surface area contributed by atoms with Crippen LogP contribution in [0, 0.1) is 13.8 Å². The highest BCUT2D eigenvalue weighted by Crippen LogP contribution is 2.39. The van der Waals surface area contributed by atoms with Crippen molar-refractivity contribution >= 4 is 49.1 Å².